The van der Waals surface area contributed by atoms with E-state index in [1.54, 1.807) is 24.3 Å². The molecule has 8 nitrogen and oxygen atoms in total. The van der Waals surface area contributed by atoms with Crippen LogP contribution in [-0.4, -0.2) is 40.1 Å². The second kappa shape index (κ2) is 8.72. The lowest BCUT2D eigenvalue weighted by atomic mass is 10.2. The van der Waals surface area contributed by atoms with Gasteiger partial charge in [-0.15, -0.1) is 10.2 Å². The van der Waals surface area contributed by atoms with Gasteiger partial charge in [-0.05, 0) is 31.3 Å². The van der Waals surface area contributed by atoms with Crippen LogP contribution in [0.25, 0.3) is 0 Å². The number of sulfone groups is 1. The van der Waals surface area contributed by atoms with Crippen molar-refractivity contribution >= 4 is 33.0 Å². The van der Waals surface area contributed by atoms with Gasteiger partial charge < -0.3 is 5.32 Å². The highest BCUT2D eigenvalue weighted by Crippen LogP contribution is 2.13. The number of aryl methyl sites for hydroxylation is 1. The Morgan fingerprint density at radius 3 is 2.36 bits per heavy atom. The van der Waals surface area contributed by atoms with Crippen molar-refractivity contribution in [1.82, 2.24) is 20.2 Å². The van der Waals surface area contributed by atoms with Gasteiger partial charge in [0.1, 0.15) is 24.4 Å². The third kappa shape index (κ3) is 5.21. The minimum absolute atomic E-state index is 0.218. The summed E-state index contributed by atoms with van der Waals surface area (Å²) in [5, 5.41) is 10.5. The van der Waals surface area contributed by atoms with Crippen molar-refractivity contribution in [3.63, 3.8) is 0 Å². The molecular weight excluding hydrogens is 396 g/mol. The molecule has 10 heteroatoms. The van der Waals surface area contributed by atoms with Gasteiger partial charge in [0, 0.05) is 5.56 Å². The van der Waals surface area contributed by atoms with Crippen molar-refractivity contribution in [3.05, 3.63) is 78.4 Å². The maximum absolute atomic E-state index is 12.6. The van der Waals surface area contributed by atoms with Crippen LogP contribution < -0.4 is 10.7 Å². The van der Waals surface area contributed by atoms with Crippen LogP contribution in [0, 0.1) is 6.92 Å². The second-order valence-corrected chi connectivity index (χ2v) is 8.23. The molecule has 1 aromatic heterocycles. The molecule has 0 atom stereocenters. The molecule has 144 valence electrons. The maximum atomic E-state index is 12.6. The first-order chi connectivity index (χ1) is 13.4. The zero-order valence-electron chi connectivity index (χ0n) is 15.0. The zero-order chi connectivity index (χ0) is 20.0. The van der Waals surface area contributed by atoms with Gasteiger partial charge in [-0.25, -0.2) is 13.1 Å². The van der Waals surface area contributed by atoms with Gasteiger partial charge in [-0.2, -0.15) is 0 Å². The van der Waals surface area contributed by atoms with Crippen LogP contribution in [0.3, 0.4) is 0 Å². The number of benzene rings is 2. The number of thiocarbonyl (C=S) groups is 1. The molecule has 0 unspecified atom stereocenters. The topological polar surface area (TPSA) is 101 Å². The molecule has 0 spiro atoms. The Labute approximate surface area is 168 Å². The number of hydrogen-bond donors (Lipinski definition) is 2. The minimum Gasteiger partial charge on any atom is -0.316 e. The van der Waals surface area contributed by atoms with Crippen molar-refractivity contribution in [2.45, 2.75) is 11.8 Å². The third-order valence-corrected chi connectivity index (χ3v) is 5.35. The molecule has 2 N–H and O–H groups in total. The largest absolute Gasteiger partial charge is 0.316 e. The fourth-order valence-electron chi connectivity index (χ4n) is 2.28. The van der Waals surface area contributed by atoms with E-state index >= 15 is 0 Å². The van der Waals surface area contributed by atoms with Crippen molar-refractivity contribution < 1.29 is 8.42 Å². The average molecular weight is 415 g/mol. The molecule has 0 saturated carbocycles. The van der Waals surface area contributed by atoms with Crippen molar-refractivity contribution in [2.24, 2.45) is 4.99 Å². The summed E-state index contributed by atoms with van der Waals surface area (Å²) in [6, 6.07) is 15.8. The van der Waals surface area contributed by atoms with E-state index in [1.807, 2.05) is 37.3 Å². The number of amidine groups is 1. The number of nitrogens with zero attached hydrogens (tertiary/aromatic N) is 4. The van der Waals surface area contributed by atoms with E-state index in [1.165, 1.54) is 17.3 Å². The molecule has 2 aromatic carbocycles. The standard InChI is InChI=1S/C18H18N6O2S2/c1-14-7-9-16(10-8-14)28(25,26)13-19-17(15-5-3-2-4-6-15)22-18(27)23-24-11-20-21-12-24/h2-12H,13H2,1H3,(H2,19,22,23,27). The molecule has 1 heterocycles. The summed E-state index contributed by atoms with van der Waals surface area (Å²) in [5.41, 5.74) is 4.53. The Morgan fingerprint density at radius 2 is 1.71 bits per heavy atom. The van der Waals surface area contributed by atoms with Crippen LogP contribution in [-0.2, 0) is 9.84 Å². The Bertz CT molecular complexity index is 1060. The molecule has 0 bridgehead atoms. The fourth-order valence-corrected chi connectivity index (χ4v) is 3.48. The summed E-state index contributed by atoms with van der Waals surface area (Å²) in [6.45, 7) is 1.90. The lowest BCUT2D eigenvalue weighted by molar-refractivity contribution is 0.596. The Hall–Kier alpha value is -3.11. The van der Waals surface area contributed by atoms with Gasteiger partial charge in [-0.1, -0.05) is 48.0 Å². The molecule has 0 aliphatic heterocycles. The predicted octanol–water partition coefficient (Wildman–Crippen LogP) is 1.88. The first kappa shape index (κ1) is 19.6. The molecule has 0 aliphatic rings. The summed E-state index contributed by atoms with van der Waals surface area (Å²) in [6.07, 6.45) is 2.88. The third-order valence-electron chi connectivity index (χ3n) is 3.70. The van der Waals surface area contributed by atoms with Crippen LogP contribution in [0.1, 0.15) is 11.1 Å². The Kier molecular flexibility index (Phi) is 6.12. The van der Waals surface area contributed by atoms with Crippen LogP contribution in [0.2, 0.25) is 0 Å². The highest BCUT2D eigenvalue weighted by molar-refractivity contribution is 7.91. The number of hydrogen-bond acceptors (Lipinski definition) is 6. The predicted molar refractivity (Wildman–Crippen MR) is 111 cm³/mol. The highest BCUT2D eigenvalue weighted by atomic mass is 32.2. The number of rotatable bonds is 5. The van der Waals surface area contributed by atoms with E-state index < -0.39 is 15.7 Å². The van der Waals surface area contributed by atoms with E-state index in [9.17, 15) is 8.42 Å². The maximum Gasteiger partial charge on any atom is 0.198 e. The zero-order valence-corrected chi connectivity index (χ0v) is 16.6. The number of aliphatic imine (C=N–C) groups is 1. The van der Waals surface area contributed by atoms with Gasteiger partial charge >= 0.3 is 0 Å². The fraction of sp³-hybridized carbons (Fsp3) is 0.111. The SMILES string of the molecule is Cc1ccc(S(=O)(=O)CN=C(NC(=S)Nn2cnnc2)c2ccccc2)cc1. The quantitative estimate of drug-likeness (QED) is 0.373. The number of nitrogens with one attached hydrogen (secondary N) is 2. The summed E-state index contributed by atoms with van der Waals surface area (Å²) in [4.78, 5) is 4.50. The van der Waals surface area contributed by atoms with Gasteiger partial charge in [0.15, 0.2) is 14.9 Å². The van der Waals surface area contributed by atoms with Gasteiger partial charge in [0.2, 0.25) is 0 Å². The van der Waals surface area contributed by atoms with Crippen molar-refractivity contribution in [3.8, 4) is 0 Å². The second-order valence-electron chi connectivity index (χ2n) is 5.86. The van der Waals surface area contributed by atoms with Crippen LogP contribution in [0.5, 0.6) is 0 Å². The summed E-state index contributed by atoms with van der Waals surface area (Å²) in [7, 11) is -3.58. The summed E-state index contributed by atoms with van der Waals surface area (Å²) < 4.78 is 26.7. The molecule has 28 heavy (non-hydrogen) atoms. The molecule has 3 rings (SSSR count). The van der Waals surface area contributed by atoms with Crippen molar-refractivity contribution in [2.75, 3.05) is 11.3 Å². The molecule has 3 aromatic rings. The Balaban J connectivity index is 1.82. The molecule has 0 fully saturated rings. The number of aromatic nitrogens is 3. The van der Waals surface area contributed by atoms with Crippen LogP contribution in [0.4, 0.5) is 0 Å². The Morgan fingerprint density at radius 1 is 1.07 bits per heavy atom. The average Bonchev–Trinajstić information content (AvgIpc) is 3.19. The van der Waals surface area contributed by atoms with E-state index in [0.29, 0.717) is 11.4 Å². The molecule has 0 saturated heterocycles. The molecule has 0 aliphatic carbocycles. The normalized spacial score (nSPS) is 11.8. The molecular formula is C18H18N6O2S2. The summed E-state index contributed by atoms with van der Waals surface area (Å²) in [5.74, 6) is -0.0791. The minimum atomic E-state index is -3.58. The summed E-state index contributed by atoms with van der Waals surface area (Å²) >= 11 is 5.26. The van der Waals surface area contributed by atoms with E-state index in [4.69, 9.17) is 12.2 Å². The smallest absolute Gasteiger partial charge is 0.198 e. The van der Waals surface area contributed by atoms with E-state index in [-0.39, 0.29) is 10.0 Å². The van der Waals surface area contributed by atoms with E-state index in [2.05, 4.69) is 25.9 Å². The molecule has 0 amide bonds. The van der Waals surface area contributed by atoms with Crippen LogP contribution in [0.15, 0.2) is 77.1 Å². The monoisotopic (exact) mass is 414 g/mol. The van der Waals surface area contributed by atoms with Gasteiger partial charge in [-0.3, -0.25) is 10.4 Å². The van der Waals surface area contributed by atoms with Gasteiger partial charge in [0.05, 0.1) is 4.90 Å². The molecule has 0 radical (unpaired) electrons. The lowest BCUT2D eigenvalue weighted by Gasteiger charge is -2.13. The highest BCUT2D eigenvalue weighted by Gasteiger charge is 2.15. The van der Waals surface area contributed by atoms with Crippen molar-refractivity contribution in [1.29, 1.82) is 0 Å². The van der Waals surface area contributed by atoms with Crippen LogP contribution >= 0.6 is 12.2 Å². The first-order valence-electron chi connectivity index (χ1n) is 8.26. The van der Waals surface area contributed by atoms with Gasteiger partial charge in [0.25, 0.3) is 0 Å². The lowest BCUT2D eigenvalue weighted by Crippen LogP contribution is -2.38. The first-order valence-corrected chi connectivity index (χ1v) is 10.3. The van der Waals surface area contributed by atoms with E-state index in [0.717, 1.165) is 5.56 Å².